The molecule has 0 aliphatic rings. The molecule has 0 nitrogen and oxygen atoms in total. The summed E-state index contributed by atoms with van der Waals surface area (Å²) in [6.45, 7) is 4.53. The minimum Gasteiger partial charge on any atom is -0.0622 e. The zero-order valence-corrected chi connectivity index (χ0v) is 20.2. The molecule has 6 rings (SSSR count). The summed E-state index contributed by atoms with van der Waals surface area (Å²) in [5.41, 5.74) is 7.38. The summed E-state index contributed by atoms with van der Waals surface area (Å²) in [7, 11) is 0. The molecule has 6 aromatic carbocycles. The molecule has 35 heavy (non-hydrogen) atoms. The Morgan fingerprint density at radius 2 is 0.743 bits per heavy atom. The van der Waals surface area contributed by atoms with Gasteiger partial charge in [0, 0.05) is 0 Å². The van der Waals surface area contributed by atoms with E-state index in [-0.39, 0.29) is 0 Å². The Kier molecular flexibility index (Phi) is 5.23. The molecule has 0 spiro atoms. The second kappa shape index (κ2) is 8.56. The third-order valence-electron chi connectivity index (χ3n) is 7.44. The Morgan fingerprint density at radius 3 is 1.17 bits per heavy atom. The van der Waals surface area contributed by atoms with E-state index in [0.717, 1.165) is 0 Å². The molecule has 0 amide bonds. The van der Waals surface area contributed by atoms with Crippen LogP contribution in [0.4, 0.5) is 0 Å². The zero-order valence-electron chi connectivity index (χ0n) is 20.2. The number of aryl methyl sites for hydroxylation is 2. The number of rotatable bonds is 4. The van der Waals surface area contributed by atoms with Gasteiger partial charge in [0.25, 0.3) is 0 Å². The van der Waals surface area contributed by atoms with Gasteiger partial charge in [-0.25, -0.2) is 0 Å². The Balaban J connectivity index is 1.93. The first kappa shape index (κ1) is 21.4. The van der Waals surface area contributed by atoms with Crippen LogP contribution in [0.3, 0.4) is 0 Å². The number of hydrogen-bond acceptors (Lipinski definition) is 0. The van der Waals surface area contributed by atoms with Crippen LogP contribution < -0.4 is 0 Å². The highest BCUT2D eigenvalue weighted by molar-refractivity contribution is 5.95. The lowest BCUT2D eigenvalue weighted by atomic mass is 9.61. The highest BCUT2D eigenvalue weighted by Crippen LogP contribution is 2.51. The summed E-state index contributed by atoms with van der Waals surface area (Å²) >= 11 is 0. The fourth-order valence-electron chi connectivity index (χ4n) is 6.00. The van der Waals surface area contributed by atoms with Crippen LogP contribution >= 0.6 is 0 Å². The van der Waals surface area contributed by atoms with Crippen molar-refractivity contribution in [2.45, 2.75) is 19.3 Å². The van der Waals surface area contributed by atoms with Gasteiger partial charge in [0.05, 0.1) is 5.41 Å². The average Bonchev–Trinajstić information content (AvgIpc) is 2.92. The third-order valence-corrected chi connectivity index (χ3v) is 7.44. The highest BCUT2D eigenvalue weighted by atomic mass is 14.4. The van der Waals surface area contributed by atoms with Crippen LogP contribution in [0.2, 0.25) is 0 Å². The molecule has 0 N–H and O–H groups in total. The SMILES string of the molecule is Cc1ccc2ccccc2c1C(c1ccccc1)(c1ccccc1)c1c(C)ccc2ccccc12. The first-order chi connectivity index (χ1) is 17.2. The van der Waals surface area contributed by atoms with E-state index >= 15 is 0 Å². The van der Waals surface area contributed by atoms with Crippen molar-refractivity contribution in [2.75, 3.05) is 0 Å². The van der Waals surface area contributed by atoms with E-state index < -0.39 is 5.41 Å². The summed E-state index contributed by atoms with van der Waals surface area (Å²) in [5.74, 6) is 0. The van der Waals surface area contributed by atoms with Gasteiger partial charge in [-0.2, -0.15) is 0 Å². The molecule has 0 aliphatic heterocycles. The summed E-state index contributed by atoms with van der Waals surface area (Å²) < 4.78 is 0. The molecule has 0 radical (unpaired) electrons. The second-order valence-electron chi connectivity index (χ2n) is 9.44. The van der Waals surface area contributed by atoms with Crippen molar-refractivity contribution in [2.24, 2.45) is 0 Å². The zero-order chi connectivity index (χ0) is 23.8. The van der Waals surface area contributed by atoms with E-state index in [9.17, 15) is 0 Å². The molecule has 0 saturated carbocycles. The normalized spacial score (nSPS) is 11.7. The Morgan fingerprint density at radius 1 is 0.371 bits per heavy atom. The standard InChI is InChI=1S/C35H28/c1-25-21-23-27-13-9-11-19-31(27)33(25)35(29-15-5-3-6-16-29,30-17-7-4-8-18-30)34-26(2)22-24-28-14-10-12-20-32(28)34/h3-24H,1-2H3. The van der Waals surface area contributed by atoms with Crippen molar-refractivity contribution in [3.8, 4) is 0 Å². The Bertz CT molecular complexity index is 1520. The first-order valence-electron chi connectivity index (χ1n) is 12.3. The molecule has 0 aliphatic carbocycles. The van der Waals surface area contributed by atoms with Crippen molar-refractivity contribution in [1.82, 2.24) is 0 Å². The van der Waals surface area contributed by atoms with E-state index in [2.05, 4.69) is 147 Å². The molecular weight excluding hydrogens is 420 g/mol. The molecule has 0 fully saturated rings. The van der Waals surface area contributed by atoms with Crippen LogP contribution in [0.5, 0.6) is 0 Å². The largest absolute Gasteiger partial charge is 0.0718 e. The first-order valence-corrected chi connectivity index (χ1v) is 12.3. The van der Waals surface area contributed by atoms with Crippen LogP contribution in [0.25, 0.3) is 21.5 Å². The molecule has 0 heterocycles. The molecular formula is C35H28. The summed E-state index contributed by atoms with van der Waals surface area (Å²) in [6.07, 6.45) is 0. The minimum absolute atomic E-state index is 0.488. The van der Waals surface area contributed by atoms with Gasteiger partial charge in [0.2, 0.25) is 0 Å². The smallest absolute Gasteiger partial charge is 0.0622 e. The van der Waals surface area contributed by atoms with Gasteiger partial charge < -0.3 is 0 Å². The van der Waals surface area contributed by atoms with Gasteiger partial charge in [-0.05, 0) is 68.8 Å². The van der Waals surface area contributed by atoms with Crippen molar-refractivity contribution < 1.29 is 0 Å². The monoisotopic (exact) mass is 448 g/mol. The predicted octanol–water partition coefficient (Wildman–Crippen LogP) is 8.99. The van der Waals surface area contributed by atoms with Gasteiger partial charge in [-0.15, -0.1) is 0 Å². The maximum atomic E-state index is 2.30. The van der Waals surface area contributed by atoms with E-state index in [1.54, 1.807) is 0 Å². The second-order valence-corrected chi connectivity index (χ2v) is 9.44. The van der Waals surface area contributed by atoms with Crippen molar-refractivity contribution >= 4 is 21.5 Å². The van der Waals surface area contributed by atoms with E-state index in [1.165, 1.54) is 54.9 Å². The molecule has 168 valence electrons. The fourth-order valence-corrected chi connectivity index (χ4v) is 6.00. The number of hydrogen-bond donors (Lipinski definition) is 0. The van der Waals surface area contributed by atoms with Gasteiger partial charge in [0.15, 0.2) is 0 Å². The van der Waals surface area contributed by atoms with E-state index in [4.69, 9.17) is 0 Å². The van der Waals surface area contributed by atoms with Gasteiger partial charge in [-0.1, -0.05) is 133 Å². The molecule has 0 unspecified atom stereocenters. The van der Waals surface area contributed by atoms with Crippen LogP contribution in [0.1, 0.15) is 33.4 Å². The van der Waals surface area contributed by atoms with Gasteiger partial charge in [-0.3, -0.25) is 0 Å². The molecule has 0 saturated heterocycles. The molecule has 0 aromatic heterocycles. The van der Waals surface area contributed by atoms with Crippen LogP contribution in [0, 0.1) is 13.8 Å². The lowest BCUT2D eigenvalue weighted by Gasteiger charge is -2.40. The highest BCUT2D eigenvalue weighted by Gasteiger charge is 2.42. The summed E-state index contributed by atoms with van der Waals surface area (Å²) in [6, 6.07) is 48.9. The van der Waals surface area contributed by atoms with E-state index in [1.807, 2.05) is 0 Å². The lowest BCUT2D eigenvalue weighted by molar-refractivity contribution is 0.747. The summed E-state index contributed by atoms with van der Waals surface area (Å²) in [5, 5.41) is 5.13. The molecule has 0 heteroatoms. The number of fused-ring (bicyclic) bond motifs is 2. The van der Waals surface area contributed by atoms with Crippen molar-refractivity contribution in [1.29, 1.82) is 0 Å². The van der Waals surface area contributed by atoms with Gasteiger partial charge in [0.1, 0.15) is 0 Å². The van der Waals surface area contributed by atoms with Crippen LogP contribution in [0.15, 0.2) is 133 Å². The van der Waals surface area contributed by atoms with Crippen molar-refractivity contribution in [3.63, 3.8) is 0 Å². The predicted molar refractivity (Wildman–Crippen MR) is 149 cm³/mol. The minimum atomic E-state index is -0.488. The lowest BCUT2D eigenvalue weighted by Crippen LogP contribution is -2.33. The fraction of sp³-hybridized carbons (Fsp3) is 0.0857. The number of benzene rings is 6. The summed E-state index contributed by atoms with van der Waals surface area (Å²) in [4.78, 5) is 0. The molecule has 0 bridgehead atoms. The average molecular weight is 449 g/mol. The van der Waals surface area contributed by atoms with Gasteiger partial charge >= 0.3 is 0 Å². The quantitative estimate of drug-likeness (QED) is 0.236. The third kappa shape index (κ3) is 3.29. The van der Waals surface area contributed by atoms with Crippen LogP contribution in [-0.2, 0) is 5.41 Å². The molecule has 0 atom stereocenters. The maximum absolute atomic E-state index is 2.30. The van der Waals surface area contributed by atoms with Crippen molar-refractivity contribution in [3.05, 3.63) is 167 Å². The Hall–Kier alpha value is -4.16. The maximum Gasteiger partial charge on any atom is 0.0718 e. The van der Waals surface area contributed by atoms with Crippen LogP contribution in [-0.4, -0.2) is 0 Å². The Labute approximate surface area is 207 Å². The van der Waals surface area contributed by atoms with E-state index in [0.29, 0.717) is 0 Å². The molecule has 6 aromatic rings. The topological polar surface area (TPSA) is 0 Å².